The highest BCUT2D eigenvalue weighted by atomic mass is 19.1. The van der Waals surface area contributed by atoms with E-state index in [1.165, 1.54) is 0 Å². The minimum atomic E-state index is -0.828. The first-order valence-electron chi connectivity index (χ1n) is 5.64. The molecule has 0 aliphatic heterocycles. The van der Waals surface area contributed by atoms with Gasteiger partial charge in [-0.1, -0.05) is 13.3 Å². The fourth-order valence-electron chi connectivity index (χ4n) is 1.54. The molecule has 0 saturated carbocycles. The van der Waals surface area contributed by atoms with Gasteiger partial charge < -0.3 is 5.32 Å². The lowest BCUT2D eigenvalue weighted by atomic mass is 10.1. The maximum atomic E-state index is 13.1. The second-order valence-corrected chi connectivity index (χ2v) is 3.86. The van der Waals surface area contributed by atoms with Crippen molar-refractivity contribution in [3.05, 3.63) is 39.7 Å². The predicted octanol–water partition coefficient (Wildman–Crippen LogP) is 2.16. The van der Waals surface area contributed by atoms with Crippen molar-refractivity contribution >= 4 is 11.6 Å². The summed E-state index contributed by atoms with van der Waals surface area (Å²) >= 11 is 0. The highest BCUT2D eigenvalue weighted by Gasteiger charge is 2.22. The van der Waals surface area contributed by atoms with Crippen LogP contribution in [0.4, 0.5) is 10.1 Å². The van der Waals surface area contributed by atoms with E-state index in [2.05, 4.69) is 5.32 Å². The Labute approximate surface area is 109 Å². The van der Waals surface area contributed by atoms with E-state index in [9.17, 15) is 19.3 Å². The molecule has 7 heteroatoms. The minimum absolute atomic E-state index is 0.388. The molecule has 0 radical (unpaired) electrons. The summed E-state index contributed by atoms with van der Waals surface area (Å²) in [5.74, 6) is -1.58. The number of hydrogen-bond acceptors (Lipinski definition) is 4. The second-order valence-electron chi connectivity index (χ2n) is 3.86. The number of nitrogens with one attached hydrogen (secondary N) is 1. The zero-order valence-electron chi connectivity index (χ0n) is 10.2. The largest absolute Gasteiger partial charge is 0.336 e. The Hall–Kier alpha value is -2.49. The Kier molecular flexibility index (Phi) is 4.94. The average Bonchev–Trinajstić information content (AvgIpc) is 2.37. The smallest absolute Gasteiger partial charge is 0.282 e. The van der Waals surface area contributed by atoms with Crippen LogP contribution in [0.2, 0.25) is 0 Å². The molecular formula is C12H12FN3O3. The molecular weight excluding hydrogens is 253 g/mol. The van der Waals surface area contributed by atoms with Gasteiger partial charge in [-0.15, -0.1) is 0 Å². The van der Waals surface area contributed by atoms with Crippen molar-refractivity contribution in [3.63, 3.8) is 0 Å². The van der Waals surface area contributed by atoms with Crippen LogP contribution >= 0.6 is 0 Å². The van der Waals surface area contributed by atoms with Crippen molar-refractivity contribution < 1.29 is 14.1 Å². The number of nitrogens with zero attached hydrogens (tertiary/aromatic N) is 2. The number of halogens is 1. The number of rotatable bonds is 5. The lowest BCUT2D eigenvalue weighted by molar-refractivity contribution is -0.385. The quantitative estimate of drug-likeness (QED) is 0.651. The van der Waals surface area contributed by atoms with Crippen molar-refractivity contribution in [2.75, 3.05) is 0 Å². The minimum Gasteiger partial charge on any atom is -0.336 e. The molecule has 1 unspecified atom stereocenters. The second kappa shape index (κ2) is 6.44. The summed E-state index contributed by atoms with van der Waals surface area (Å²) in [4.78, 5) is 21.8. The Balaban J connectivity index is 3.02. The number of carbonyl (C=O) groups is 1. The van der Waals surface area contributed by atoms with E-state index in [-0.39, 0.29) is 5.56 Å². The van der Waals surface area contributed by atoms with E-state index in [1.54, 1.807) is 0 Å². The van der Waals surface area contributed by atoms with Crippen LogP contribution in [-0.2, 0) is 0 Å². The van der Waals surface area contributed by atoms with Crippen LogP contribution in [0.15, 0.2) is 18.2 Å². The topological polar surface area (TPSA) is 96.0 Å². The van der Waals surface area contributed by atoms with Crippen LogP contribution in [0.25, 0.3) is 0 Å². The van der Waals surface area contributed by atoms with Crippen LogP contribution < -0.4 is 5.32 Å². The van der Waals surface area contributed by atoms with Crippen molar-refractivity contribution in [3.8, 4) is 6.07 Å². The first-order chi connectivity index (χ1) is 8.99. The summed E-state index contributed by atoms with van der Waals surface area (Å²) in [6, 6.07) is 3.73. The summed E-state index contributed by atoms with van der Waals surface area (Å²) in [5.41, 5.74) is -0.881. The van der Waals surface area contributed by atoms with E-state index in [4.69, 9.17) is 5.26 Å². The molecule has 0 fully saturated rings. The number of nitriles is 1. The molecule has 100 valence electrons. The van der Waals surface area contributed by atoms with E-state index >= 15 is 0 Å². The van der Waals surface area contributed by atoms with Gasteiger partial charge in [-0.25, -0.2) is 4.39 Å². The first kappa shape index (κ1) is 14.6. The summed E-state index contributed by atoms with van der Waals surface area (Å²) in [6.07, 6.45) is 1.09. The number of amides is 1. The maximum absolute atomic E-state index is 13.1. The molecule has 0 aliphatic carbocycles. The molecule has 0 heterocycles. The average molecular weight is 265 g/mol. The Bertz CT molecular complexity index is 540. The molecule has 0 spiro atoms. The van der Waals surface area contributed by atoms with E-state index in [0.29, 0.717) is 12.8 Å². The van der Waals surface area contributed by atoms with Gasteiger partial charge in [0, 0.05) is 6.07 Å². The summed E-state index contributed by atoms with van der Waals surface area (Å²) in [5, 5.41) is 21.9. The van der Waals surface area contributed by atoms with Gasteiger partial charge in [0.2, 0.25) is 0 Å². The van der Waals surface area contributed by atoms with Crippen LogP contribution in [0.5, 0.6) is 0 Å². The normalized spacial score (nSPS) is 11.4. The Morgan fingerprint density at radius 3 is 2.84 bits per heavy atom. The van der Waals surface area contributed by atoms with Gasteiger partial charge in [-0.05, 0) is 18.6 Å². The molecule has 1 atom stereocenters. The molecule has 1 N–H and O–H groups in total. The summed E-state index contributed by atoms with van der Waals surface area (Å²) in [7, 11) is 0. The molecule has 0 aromatic heterocycles. The zero-order chi connectivity index (χ0) is 14.4. The Morgan fingerprint density at radius 2 is 2.32 bits per heavy atom. The SMILES string of the molecule is CCCC(C#N)NC(=O)c1cc(F)ccc1[N+](=O)[O-]. The first-order valence-corrected chi connectivity index (χ1v) is 5.64. The molecule has 1 rings (SSSR count). The lowest BCUT2D eigenvalue weighted by Gasteiger charge is -2.10. The van der Waals surface area contributed by atoms with Crippen LogP contribution in [0, 0.1) is 27.3 Å². The van der Waals surface area contributed by atoms with Gasteiger partial charge in [0.1, 0.15) is 17.4 Å². The van der Waals surface area contributed by atoms with Crippen molar-refractivity contribution in [2.24, 2.45) is 0 Å². The molecule has 1 aromatic rings. The standard InChI is InChI=1S/C12H12FN3O3/c1-2-3-9(7-14)15-12(17)10-6-8(13)4-5-11(10)16(18)19/h4-6,9H,2-3H2,1H3,(H,15,17). The van der Waals surface area contributed by atoms with Crippen LogP contribution in [-0.4, -0.2) is 16.9 Å². The third kappa shape index (κ3) is 3.74. The van der Waals surface area contributed by atoms with Gasteiger partial charge in [-0.2, -0.15) is 5.26 Å². The molecule has 0 bridgehead atoms. The van der Waals surface area contributed by atoms with Gasteiger partial charge in [0.25, 0.3) is 11.6 Å². The van der Waals surface area contributed by atoms with Gasteiger partial charge in [0.05, 0.1) is 11.0 Å². The fourth-order valence-corrected chi connectivity index (χ4v) is 1.54. The Morgan fingerprint density at radius 1 is 1.63 bits per heavy atom. The molecule has 0 aliphatic rings. The molecule has 6 nitrogen and oxygen atoms in total. The van der Waals surface area contributed by atoms with Crippen LogP contribution in [0.3, 0.4) is 0 Å². The molecule has 1 aromatic carbocycles. The fraction of sp³-hybridized carbons (Fsp3) is 0.333. The molecule has 1 amide bonds. The monoisotopic (exact) mass is 265 g/mol. The third-order valence-corrected chi connectivity index (χ3v) is 2.44. The van der Waals surface area contributed by atoms with E-state index in [1.807, 2.05) is 13.0 Å². The summed E-state index contributed by atoms with van der Waals surface area (Å²) in [6.45, 7) is 1.83. The van der Waals surface area contributed by atoms with Gasteiger partial charge in [-0.3, -0.25) is 14.9 Å². The van der Waals surface area contributed by atoms with Crippen molar-refractivity contribution in [1.82, 2.24) is 5.32 Å². The van der Waals surface area contributed by atoms with Gasteiger partial charge >= 0.3 is 0 Å². The lowest BCUT2D eigenvalue weighted by Crippen LogP contribution is -2.34. The molecule has 19 heavy (non-hydrogen) atoms. The van der Waals surface area contributed by atoms with E-state index in [0.717, 1.165) is 18.2 Å². The highest BCUT2D eigenvalue weighted by Crippen LogP contribution is 2.19. The number of nitro benzene ring substituents is 1. The van der Waals surface area contributed by atoms with Crippen LogP contribution in [0.1, 0.15) is 30.1 Å². The predicted molar refractivity (Wildman–Crippen MR) is 64.8 cm³/mol. The zero-order valence-corrected chi connectivity index (χ0v) is 10.2. The number of hydrogen-bond donors (Lipinski definition) is 1. The maximum Gasteiger partial charge on any atom is 0.282 e. The number of nitro groups is 1. The van der Waals surface area contributed by atoms with Gasteiger partial charge in [0.15, 0.2) is 0 Å². The van der Waals surface area contributed by atoms with E-state index < -0.39 is 28.4 Å². The third-order valence-electron chi connectivity index (χ3n) is 2.44. The highest BCUT2D eigenvalue weighted by molar-refractivity contribution is 5.98. The van der Waals surface area contributed by atoms with Crippen molar-refractivity contribution in [1.29, 1.82) is 5.26 Å². The number of benzene rings is 1. The molecule has 0 saturated heterocycles. The van der Waals surface area contributed by atoms with Crippen molar-refractivity contribution in [2.45, 2.75) is 25.8 Å². The number of carbonyl (C=O) groups excluding carboxylic acids is 1. The summed E-state index contributed by atoms with van der Waals surface area (Å²) < 4.78 is 13.1.